The summed E-state index contributed by atoms with van der Waals surface area (Å²) in [5.74, 6) is -0.111. The molecule has 0 unspecified atom stereocenters. The number of nitrogens with one attached hydrogen (secondary N) is 1. The summed E-state index contributed by atoms with van der Waals surface area (Å²) in [6.07, 6.45) is 0.696. The third-order valence-corrected chi connectivity index (χ3v) is 6.14. The second-order valence-electron chi connectivity index (χ2n) is 5.44. The summed E-state index contributed by atoms with van der Waals surface area (Å²) in [6.45, 7) is 2.03. The van der Waals surface area contributed by atoms with Crippen molar-refractivity contribution in [3.8, 4) is 0 Å². The number of carbonyl (C=O) groups is 1. The molecular weight excluding hydrogens is 460 g/mol. The number of halogens is 2. The minimum Gasteiger partial charge on any atom is -0.310 e. The van der Waals surface area contributed by atoms with E-state index in [0.717, 1.165) is 14.5 Å². The summed E-state index contributed by atoms with van der Waals surface area (Å²) in [5, 5.41) is 0. The first-order valence-corrected chi connectivity index (χ1v) is 10.2. The number of carbonyl (C=O) groups excluding carboxylic acids is 1. The maximum absolute atomic E-state index is 12.7. The Morgan fingerprint density at radius 2 is 1.79 bits per heavy atom. The molecule has 3 rings (SSSR count). The Hall–Kier alpha value is -1.38. The lowest BCUT2D eigenvalue weighted by Crippen LogP contribution is -2.27. The fourth-order valence-electron chi connectivity index (χ4n) is 2.72. The van der Waals surface area contributed by atoms with Crippen LogP contribution in [0.5, 0.6) is 0 Å². The fourth-order valence-corrected chi connectivity index (χ4v) is 4.55. The van der Waals surface area contributed by atoms with Gasteiger partial charge < -0.3 is 4.90 Å². The van der Waals surface area contributed by atoms with Crippen LogP contribution in [0.4, 0.5) is 11.4 Å². The van der Waals surface area contributed by atoms with E-state index in [9.17, 15) is 13.2 Å². The third kappa shape index (κ3) is 3.36. The average Bonchev–Trinajstić information content (AvgIpc) is 2.91. The van der Waals surface area contributed by atoms with Crippen molar-refractivity contribution in [2.24, 2.45) is 0 Å². The van der Waals surface area contributed by atoms with Crippen LogP contribution in [-0.2, 0) is 21.2 Å². The summed E-state index contributed by atoms with van der Waals surface area (Å²) in [4.78, 5) is 13.6. The Balaban J connectivity index is 2.04. The quantitative estimate of drug-likeness (QED) is 0.734. The highest BCUT2D eigenvalue weighted by Gasteiger charge is 2.28. The summed E-state index contributed by atoms with van der Waals surface area (Å²) in [5.41, 5.74) is 1.97. The Morgan fingerprint density at radius 1 is 1.12 bits per heavy atom. The van der Waals surface area contributed by atoms with Crippen molar-refractivity contribution in [2.45, 2.75) is 18.2 Å². The number of amides is 1. The number of benzene rings is 2. The summed E-state index contributed by atoms with van der Waals surface area (Å²) < 4.78 is 29.5. The van der Waals surface area contributed by atoms with E-state index in [1.54, 1.807) is 23.1 Å². The lowest BCUT2D eigenvalue weighted by Gasteiger charge is -2.20. The van der Waals surface area contributed by atoms with Gasteiger partial charge in [0.15, 0.2) is 0 Å². The first-order chi connectivity index (χ1) is 11.3. The van der Waals surface area contributed by atoms with Gasteiger partial charge >= 0.3 is 0 Å². The molecule has 0 spiro atoms. The van der Waals surface area contributed by atoms with E-state index in [0.29, 0.717) is 24.3 Å². The molecule has 24 heavy (non-hydrogen) atoms. The Bertz CT molecular complexity index is 912. The monoisotopic (exact) mass is 472 g/mol. The summed E-state index contributed by atoms with van der Waals surface area (Å²) in [7, 11) is -3.75. The Morgan fingerprint density at radius 3 is 2.42 bits per heavy atom. The smallest absolute Gasteiger partial charge is 0.261 e. The van der Waals surface area contributed by atoms with Crippen molar-refractivity contribution in [3.63, 3.8) is 0 Å². The second-order valence-corrected chi connectivity index (χ2v) is 8.95. The average molecular weight is 474 g/mol. The first-order valence-electron chi connectivity index (χ1n) is 7.17. The van der Waals surface area contributed by atoms with Crippen LogP contribution >= 0.6 is 31.9 Å². The summed E-state index contributed by atoms with van der Waals surface area (Å²) >= 11 is 6.69. The number of hydrogen-bond donors (Lipinski definition) is 1. The van der Waals surface area contributed by atoms with Gasteiger partial charge in [0, 0.05) is 22.4 Å². The Kier molecular flexibility index (Phi) is 4.72. The fraction of sp³-hybridized carbons (Fsp3) is 0.188. The molecule has 0 bridgehead atoms. The van der Waals surface area contributed by atoms with Gasteiger partial charge in [0.05, 0.1) is 16.3 Å². The van der Waals surface area contributed by atoms with Crippen LogP contribution in [0.15, 0.2) is 50.2 Å². The van der Waals surface area contributed by atoms with Gasteiger partial charge in [0.2, 0.25) is 5.91 Å². The lowest BCUT2D eigenvalue weighted by molar-refractivity contribution is -0.116. The molecule has 8 heteroatoms. The molecule has 0 radical (unpaired) electrons. The predicted molar refractivity (Wildman–Crippen MR) is 101 cm³/mol. The van der Waals surface area contributed by atoms with Crippen molar-refractivity contribution in [1.82, 2.24) is 0 Å². The molecule has 0 fully saturated rings. The standard InChI is InChI=1S/C16H14Br2N2O3S/c1-10(21)20-7-6-11-8-13(18)9-15(16(11)20)19-24(22,23)14-4-2-12(17)3-5-14/h2-5,8-9,19H,6-7H2,1H3. The van der Waals surface area contributed by atoms with E-state index in [1.165, 1.54) is 19.1 Å². The molecular formula is C16H14Br2N2O3S. The van der Waals surface area contributed by atoms with E-state index in [4.69, 9.17) is 0 Å². The van der Waals surface area contributed by atoms with Crippen LogP contribution in [0.2, 0.25) is 0 Å². The molecule has 2 aromatic rings. The molecule has 1 heterocycles. The van der Waals surface area contributed by atoms with Crippen LogP contribution in [0, 0.1) is 0 Å². The molecule has 0 saturated carbocycles. The highest BCUT2D eigenvalue weighted by Crippen LogP contribution is 2.39. The minimum atomic E-state index is -3.75. The zero-order chi connectivity index (χ0) is 17.5. The Labute approximate surface area is 157 Å². The lowest BCUT2D eigenvalue weighted by atomic mass is 10.1. The minimum absolute atomic E-state index is 0.111. The topological polar surface area (TPSA) is 66.5 Å². The van der Waals surface area contributed by atoms with Gasteiger partial charge in [0.1, 0.15) is 0 Å². The van der Waals surface area contributed by atoms with Crippen LogP contribution in [0.1, 0.15) is 12.5 Å². The van der Waals surface area contributed by atoms with Crippen molar-refractivity contribution < 1.29 is 13.2 Å². The molecule has 1 aliphatic rings. The number of hydrogen-bond acceptors (Lipinski definition) is 3. The highest BCUT2D eigenvalue weighted by molar-refractivity contribution is 9.10. The van der Waals surface area contributed by atoms with Gasteiger partial charge in [-0.3, -0.25) is 9.52 Å². The normalized spacial score (nSPS) is 13.7. The second kappa shape index (κ2) is 6.50. The first kappa shape index (κ1) is 17.4. The highest BCUT2D eigenvalue weighted by atomic mass is 79.9. The van der Waals surface area contributed by atoms with E-state index in [1.807, 2.05) is 6.07 Å². The maximum Gasteiger partial charge on any atom is 0.261 e. The molecule has 1 amide bonds. The zero-order valence-electron chi connectivity index (χ0n) is 12.7. The molecule has 0 aliphatic carbocycles. The van der Waals surface area contributed by atoms with Crippen LogP contribution in [-0.4, -0.2) is 20.9 Å². The van der Waals surface area contributed by atoms with Crippen LogP contribution in [0.3, 0.4) is 0 Å². The number of fused-ring (bicyclic) bond motifs is 1. The zero-order valence-corrected chi connectivity index (χ0v) is 16.7. The predicted octanol–water partition coefficient (Wildman–Crippen LogP) is 3.92. The van der Waals surface area contributed by atoms with Gasteiger partial charge in [0.25, 0.3) is 10.0 Å². The summed E-state index contributed by atoms with van der Waals surface area (Å²) in [6, 6.07) is 9.97. The van der Waals surface area contributed by atoms with Gasteiger partial charge in [-0.05, 0) is 48.4 Å². The van der Waals surface area contributed by atoms with E-state index >= 15 is 0 Å². The maximum atomic E-state index is 12.7. The molecule has 0 saturated heterocycles. The molecule has 0 aromatic heterocycles. The van der Waals surface area contributed by atoms with Gasteiger partial charge in [-0.15, -0.1) is 0 Å². The number of sulfonamides is 1. The molecule has 2 aromatic carbocycles. The molecule has 1 aliphatic heterocycles. The number of nitrogens with zero attached hydrogens (tertiary/aromatic N) is 1. The van der Waals surface area contributed by atoms with Gasteiger partial charge in [-0.25, -0.2) is 8.42 Å². The molecule has 5 nitrogen and oxygen atoms in total. The number of anilines is 2. The molecule has 126 valence electrons. The van der Waals surface area contributed by atoms with Crippen molar-refractivity contribution in [1.29, 1.82) is 0 Å². The van der Waals surface area contributed by atoms with E-state index < -0.39 is 10.0 Å². The van der Waals surface area contributed by atoms with E-state index in [-0.39, 0.29) is 10.8 Å². The molecule has 0 atom stereocenters. The molecule has 1 N–H and O–H groups in total. The van der Waals surface area contributed by atoms with Crippen LogP contribution in [0.25, 0.3) is 0 Å². The van der Waals surface area contributed by atoms with Crippen molar-refractivity contribution >= 4 is 59.2 Å². The van der Waals surface area contributed by atoms with Gasteiger partial charge in [-0.2, -0.15) is 0 Å². The van der Waals surface area contributed by atoms with E-state index in [2.05, 4.69) is 36.6 Å². The SMILES string of the molecule is CC(=O)N1CCc2cc(Br)cc(NS(=O)(=O)c3ccc(Br)cc3)c21. The van der Waals surface area contributed by atoms with Crippen LogP contribution < -0.4 is 9.62 Å². The van der Waals surface area contributed by atoms with Gasteiger partial charge in [-0.1, -0.05) is 31.9 Å². The van der Waals surface area contributed by atoms with Crippen molar-refractivity contribution in [2.75, 3.05) is 16.2 Å². The van der Waals surface area contributed by atoms with Crippen molar-refractivity contribution in [3.05, 3.63) is 50.9 Å². The number of rotatable bonds is 3. The third-order valence-electron chi connectivity index (χ3n) is 3.78. The largest absolute Gasteiger partial charge is 0.310 e.